The van der Waals surface area contributed by atoms with Crippen LogP contribution in [0.25, 0.3) is 0 Å². The Bertz CT molecular complexity index is 1250. The normalized spacial score (nSPS) is 19.8. The van der Waals surface area contributed by atoms with Crippen molar-refractivity contribution in [2.45, 2.75) is 31.8 Å². The number of piperazine rings is 1. The minimum atomic E-state index is -0.799. The lowest BCUT2D eigenvalue weighted by molar-refractivity contribution is 0.0346. The van der Waals surface area contributed by atoms with Crippen molar-refractivity contribution in [3.05, 3.63) is 59.4 Å². The molecule has 35 heavy (non-hydrogen) atoms. The van der Waals surface area contributed by atoms with Crippen molar-refractivity contribution in [2.24, 2.45) is 0 Å². The van der Waals surface area contributed by atoms with Crippen LogP contribution in [0.1, 0.15) is 36.5 Å². The topological polar surface area (TPSA) is 113 Å². The number of nitrogens with one attached hydrogen (secondary N) is 2. The van der Waals surface area contributed by atoms with E-state index in [1.54, 1.807) is 6.20 Å². The van der Waals surface area contributed by atoms with E-state index in [4.69, 9.17) is 0 Å². The van der Waals surface area contributed by atoms with E-state index in [2.05, 4.69) is 48.5 Å². The van der Waals surface area contributed by atoms with Crippen molar-refractivity contribution in [2.75, 3.05) is 48.8 Å². The van der Waals surface area contributed by atoms with Gasteiger partial charge in [-0.05, 0) is 61.7 Å². The van der Waals surface area contributed by atoms with Gasteiger partial charge in [0.1, 0.15) is 17.5 Å². The van der Waals surface area contributed by atoms with E-state index in [9.17, 15) is 10.4 Å². The highest BCUT2D eigenvalue weighted by Gasteiger charge is 2.35. The van der Waals surface area contributed by atoms with Crippen LogP contribution in [-0.4, -0.2) is 58.2 Å². The molecule has 9 nitrogen and oxygen atoms in total. The van der Waals surface area contributed by atoms with E-state index in [0.717, 1.165) is 67.3 Å². The van der Waals surface area contributed by atoms with Crippen LogP contribution in [0.5, 0.6) is 0 Å². The van der Waals surface area contributed by atoms with Gasteiger partial charge in [0.25, 0.3) is 0 Å². The van der Waals surface area contributed by atoms with E-state index in [1.165, 1.54) is 6.20 Å². The number of likely N-dealkylation sites (N-methyl/N-ethyl adjacent to an activating group) is 1. The molecule has 1 unspecified atom stereocenters. The Labute approximate surface area is 205 Å². The van der Waals surface area contributed by atoms with Crippen LogP contribution in [0.4, 0.5) is 29.0 Å². The first-order chi connectivity index (χ1) is 17.0. The van der Waals surface area contributed by atoms with Crippen LogP contribution in [0, 0.1) is 11.3 Å². The Morgan fingerprint density at radius 2 is 1.86 bits per heavy atom. The van der Waals surface area contributed by atoms with Crippen molar-refractivity contribution < 1.29 is 5.11 Å². The summed E-state index contributed by atoms with van der Waals surface area (Å²) in [7, 11) is 2.13. The van der Waals surface area contributed by atoms with Crippen LogP contribution >= 0.6 is 0 Å². The molecule has 1 aliphatic carbocycles. The smallest absolute Gasteiger partial charge is 0.229 e. The molecule has 0 spiro atoms. The molecule has 1 saturated heterocycles. The second-order valence-corrected chi connectivity index (χ2v) is 9.27. The first-order valence-electron chi connectivity index (χ1n) is 12.0. The summed E-state index contributed by atoms with van der Waals surface area (Å²) >= 11 is 0. The number of anilines is 5. The first kappa shape index (κ1) is 23.0. The molecular weight excluding hydrogens is 440 g/mol. The molecule has 0 bridgehead atoms. The minimum absolute atomic E-state index is 0.338. The monoisotopic (exact) mass is 470 g/mol. The number of benzene rings is 1. The zero-order chi connectivity index (χ0) is 24.4. The van der Waals surface area contributed by atoms with Crippen LogP contribution in [0.2, 0.25) is 0 Å². The van der Waals surface area contributed by atoms with Crippen LogP contribution in [-0.2, 0) is 12.0 Å². The highest BCUT2D eigenvalue weighted by atomic mass is 16.3. The molecule has 1 atom stereocenters. The Morgan fingerprint density at radius 1 is 1.06 bits per heavy atom. The van der Waals surface area contributed by atoms with E-state index in [-0.39, 0.29) is 0 Å². The fraction of sp³-hybridized carbons (Fsp3) is 0.385. The van der Waals surface area contributed by atoms with Gasteiger partial charge in [0, 0.05) is 31.9 Å². The summed E-state index contributed by atoms with van der Waals surface area (Å²) in [5.74, 6) is 1.73. The lowest BCUT2D eigenvalue weighted by Gasteiger charge is -2.33. The third kappa shape index (κ3) is 4.76. The number of hydrogen-bond donors (Lipinski definition) is 3. The number of aliphatic hydroxyl groups is 1. The summed E-state index contributed by atoms with van der Waals surface area (Å²) < 4.78 is 0. The maximum absolute atomic E-state index is 10.9. The molecule has 1 fully saturated rings. The highest BCUT2D eigenvalue weighted by molar-refractivity contribution is 5.66. The lowest BCUT2D eigenvalue weighted by Crippen LogP contribution is -2.44. The molecule has 1 aromatic carbocycles. The number of aromatic nitrogens is 3. The van der Waals surface area contributed by atoms with Gasteiger partial charge in [-0.15, -0.1) is 0 Å². The summed E-state index contributed by atoms with van der Waals surface area (Å²) in [5, 5.41) is 26.9. The standard InChI is InChI=1S/C26H30N8O/c1-3-26(35)9-8-18-4-5-20(14-22(18)26)30-24-19(15-27)16-29-25(32-24)31-21-6-7-23(28-17-21)34-12-10-33(2)11-13-34/h4-7,14,16-17,35H,3,8-13H2,1-2H3,(H2,29,30,31,32). The van der Waals surface area contributed by atoms with Gasteiger partial charge in [-0.1, -0.05) is 13.0 Å². The molecule has 9 heteroatoms. The van der Waals surface area contributed by atoms with Crippen molar-refractivity contribution in [3.8, 4) is 6.07 Å². The molecule has 2 aliphatic rings. The second kappa shape index (κ2) is 9.49. The fourth-order valence-electron chi connectivity index (χ4n) is 4.72. The number of nitriles is 1. The molecule has 3 heterocycles. The Hall–Kier alpha value is -3.74. The Morgan fingerprint density at radius 3 is 2.57 bits per heavy atom. The Kier molecular flexibility index (Phi) is 6.24. The maximum Gasteiger partial charge on any atom is 0.229 e. The summed E-state index contributed by atoms with van der Waals surface area (Å²) in [5.41, 5.74) is 3.19. The summed E-state index contributed by atoms with van der Waals surface area (Å²) in [6, 6.07) is 12.1. The molecule has 0 saturated carbocycles. The summed E-state index contributed by atoms with van der Waals surface area (Å²) in [6.07, 6.45) is 5.53. The number of hydrogen-bond acceptors (Lipinski definition) is 9. The first-order valence-corrected chi connectivity index (χ1v) is 12.0. The zero-order valence-electron chi connectivity index (χ0n) is 20.1. The van der Waals surface area contributed by atoms with E-state index < -0.39 is 5.60 Å². The number of aryl methyl sites for hydroxylation is 1. The van der Waals surface area contributed by atoms with Crippen LogP contribution in [0.15, 0.2) is 42.7 Å². The van der Waals surface area contributed by atoms with Gasteiger partial charge < -0.3 is 25.5 Å². The molecule has 3 N–H and O–H groups in total. The number of rotatable bonds is 6. The summed E-state index contributed by atoms with van der Waals surface area (Å²) in [4.78, 5) is 18.0. The van der Waals surface area contributed by atoms with Crippen LogP contribution in [0.3, 0.4) is 0 Å². The van der Waals surface area contributed by atoms with Crippen molar-refractivity contribution in [1.29, 1.82) is 5.26 Å². The molecule has 1 aliphatic heterocycles. The average Bonchev–Trinajstić information content (AvgIpc) is 3.22. The summed E-state index contributed by atoms with van der Waals surface area (Å²) in [6.45, 7) is 5.97. The number of nitrogens with zero attached hydrogens (tertiary/aromatic N) is 6. The molecule has 2 aromatic heterocycles. The molecule has 0 radical (unpaired) electrons. The maximum atomic E-state index is 10.9. The van der Waals surface area contributed by atoms with E-state index >= 15 is 0 Å². The minimum Gasteiger partial charge on any atom is -0.385 e. The number of pyridine rings is 1. The van der Waals surface area contributed by atoms with Crippen molar-refractivity contribution in [3.63, 3.8) is 0 Å². The highest BCUT2D eigenvalue weighted by Crippen LogP contribution is 2.40. The third-order valence-electron chi connectivity index (χ3n) is 7.01. The van der Waals surface area contributed by atoms with Gasteiger partial charge in [0.2, 0.25) is 5.95 Å². The molecule has 0 amide bonds. The third-order valence-corrected chi connectivity index (χ3v) is 7.01. The van der Waals surface area contributed by atoms with Gasteiger partial charge in [-0.25, -0.2) is 9.97 Å². The zero-order valence-corrected chi connectivity index (χ0v) is 20.1. The number of fused-ring (bicyclic) bond motifs is 1. The van der Waals surface area contributed by atoms with E-state index in [1.807, 2.05) is 37.3 Å². The predicted molar refractivity (Wildman–Crippen MR) is 136 cm³/mol. The van der Waals surface area contributed by atoms with Gasteiger partial charge in [0.15, 0.2) is 5.82 Å². The van der Waals surface area contributed by atoms with Gasteiger partial charge in [-0.3, -0.25) is 0 Å². The van der Waals surface area contributed by atoms with Crippen molar-refractivity contribution in [1.82, 2.24) is 19.9 Å². The molecule has 180 valence electrons. The molecular formula is C26H30N8O. The molecule has 3 aromatic rings. The van der Waals surface area contributed by atoms with Gasteiger partial charge >= 0.3 is 0 Å². The van der Waals surface area contributed by atoms with Gasteiger partial charge in [-0.2, -0.15) is 10.2 Å². The van der Waals surface area contributed by atoms with Gasteiger partial charge in [0.05, 0.1) is 23.7 Å². The lowest BCUT2D eigenvalue weighted by atomic mass is 9.93. The van der Waals surface area contributed by atoms with Crippen LogP contribution < -0.4 is 15.5 Å². The fourth-order valence-corrected chi connectivity index (χ4v) is 4.72. The van der Waals surface area contributed by atoms with E-state index in [0.29, 0.717) is 23.8 Å². The second-order valence-electron chi connectivity index (χ2n) is 9.27. The SMILES string of the molecule is CCC1(O)CCc2ccc(Nc3nc(Nc4ccc(N5CCN(C)CC5)nc4)ncc3C#N)cc21. The molecule has 5 rings (SSSR count). The largest absolute Gasteiger partial charge is 0.385 e. The quantitative estimate of drug-likeness (QED) is 0.498. The van der Waals surface area contributed by atoms with Crippen molar-refractivity contribution >= 4 is 29.0 Å². The predicted octanol–water partition coefficient (Wildman–Crippen LogP) is 3.53. The Balaban J connectivity index is 1.33. The average molecular weight is 471 g/mol.